The van der Waals surface area contributed by atoms with Crippen LogP contribution in [-0.2, 0) is 14.8 Å². The second kappa shape index (κ2) is 6.23. The van der Waals surface area contributed by atoms with Gasteiger partial charge in [0.05, 0.1) is 11.4 Å². The van der Waals surface area contributed by atoms with E-state index in [0.29, 0.717) is 18.7 Å². The van der Waals surface area contributed by atoms with Crippen molar-refractivity contribution in [3.8, 4) is 0 Å². The number of hydrogen-bond donors (Lipinski definition) is 1. The SMILES string of the molecule is CC(=O)c1ccc(S(=O)(=O)NCCN2CCOC2=O)cc1. The zero-order chi connectivity index (χ0) is 15.5. The van der Waals surface area contributed by atoms with Crippen molar-refractivity contribution in [3.05, 3.63) is 29.8 Å². The molecule has 0 spiro atoms. The third kappa shape index (κ3) is 3.79. The van der Waals surface area contributed by atoms with Crippen LogP contribution in [-0.4, -0.2) is 51.4 Å². The standard InChI is InChI=1S/C13H16N2O5S/c1-10(16)11-2-4-12(5-3-11)21(18,19)14-6-7-15-8-9-20-13(15)17/h2-5,14H,6-9H2,1H3. The van der Waals surface area contributed by atoms with Gasteiger partial charge >= 0.3 is 6.09 Å². The Kier molecular flexibility index (Phi) is 4.59. The van der Waals surface area contributed by atoms with Crippen LogP contribution >= 0.6 is 0 Å². The number of ketones is 1. The first-order chi connectivity index (χ1) is 9.90. The Balaban J connectivity index is 1.94. The molecule has 8 heteroatoms. The van der Waals surface area contributed by atoms with Gasteiger partial charge in [0.1, 0.15) is 6.61 Å². The molecular weight excluding hydrogens is 296 g/mol. The highest BCUT2D eigenvalue weighted by molar-refractivity contribution is 7.89. The Hall–Kier alpha value is -1.93. The third-order valence-electron chi connectivity index (χ3n) is 3.09. The zero-order valence-electron chi connectivity index (χ0n) is 11.5. The molecule has 2 rings (SSSR count). The van der Waals surface area contributed by atoms with Crippen LogP contribution in [0.5, 0.6) is 0 Å². The van der Waals surface area contributed by atoms with E-state index in [9.17, 15) is 18.0 Å². The number of amides is 1. The maximum Gasteiger partial charge on any atom is 0.409 e. The van der Waals surface area contributed by atoms with Crippen molar-refractivity contribution in [1.29, 1.82) is 0 Å². The number of rotatable bonds is 6. The van der Waals surface area contributed by atoms with Gasteiger partial charge in [-0.2, -0.15) is 0 Å². The van der Waals surface area contributed by atoms with E-state index < -0.39 is 16.1 Å². The van der Waals surface area contributed by atoms with Crippen LogP contribution < -0.4 is 4.72 Å². The van der Waals surface area contributed by atoms with E-state index in [-0.39, 0.29) is 23.8 Å². The van der Waals surface area contributed by atoms with E-state index in [1.165, 1.54) is 36.1 Å². The van der Waals surface area contributed by atoms with Gasteiger partial charge in [-0.05, 0) is 19.1 Å². The summed E-state index contributed by atoms with van der Waals surface area (Å²) in [6.07, 6.45) is -0.431. The number of ether oxygens (including phenoxy) is 1. The molecule has 0 radical (unpaired) electrons. The maximum absolute atomic E-state index is 12.0. The number of Topliss-reactive ketones (excluding diaryl/α,β-unsaturated/α-hetero) is 1. The fraction of sp³-hybridized carbons (Fsp3) is 0.385. The van der Waals surface area contributed by atoms with Gasteiger partial charge in [-0.3, -0.25) is 4.79 Å². The van der Waals surface area contributed by atoms with Crippen molar-refractivity contribution in [2.24, 2.45) is 0 Å². The molecule has 1 amide bonds. The molecule has 0 saturated carbocycles. The molecule has 1 aromatic rings. The lowest BCUT2D eigenvalue weighted by atomic mass is 10.2. The molecule has 1 aliphatic heterocycles. The number of carbonyl (C=O) groups excluding carboxylic acids is 2. The molecule has 1 aliphatic rings. The number of sulfonamides is 1. The van der Waals surface area contributed by atoms with Crippen LogP contribution in [0.2, 0.25) is 0 Å². The molecule has 1 heterocycles. The Bertz CT molecular complexity index is 639. The normalized spacial score (nSPS) is 15.1. The van der Waals surface area contributed by atoms with E-state index in [1.807, 2.05) is 0 Å². The predicted octanol–water partition coefficient (Wildman–Crippen LogP) is 0.620. The molecule has 0 aliphatic carbocycles. The first-order valence-electron chi connectivity index (χ1n) is 6.42. The van der Waals surface area contributed by atoms with Crippen molar-refractivity contribution in [3.63, 3.8) is 0 Å². The van der Waals surface area contributed by atoms with Crippen LogP contribution in [0.25, 0.3) is 0 Å². The fourth-order valence-corrected chi connectivity index (χ4v) is 2.92. The Morgan fingerprint density at radius 1 is 1.33 bits per heavy atom. The van der Waals surface area contributed by atoms with Crippen molar-refractivity contribution < 1.29 is 22.7 Å². The average Bonchev–Trinajstić information content (AvgIpc) is 2.84. The van der Waals surface area contributed by atoms with E-state index in [2.05, 4.69) is 4.72 Å². The topological polar surface area (TPSA) is 92.8 Å². The Labute approximate surface area is 122 Å². The van der Waals surface area contributed by atoms with Gasteiger partial charge in [-0.15, -0.1) is 0 Å². The lowest BCUT2D eigenvalue weighted by Gasteiger charge is -2.13. The molecule has 0 unspecified atom stereocenters. The van der Waals surface area contributed by atoms with Gasteiger partial charge in [-0.1, -0.05) is 12.1 Å². The minimum Gasteiger partial charge on any atom is -0.448 e. The molecule has 1 saturated heterocycles. The van der Waals surface area contributed by atoms with E-state index >= 15 is 0 Å². The monoisotopic (exact) mass is 312 g/mol. The van der Waals surface area contributed by atoms with Crippen molar-refractivity contribution >= 4 is 21.9 Å². The lowest BCUT2D eigenvalue weighted by Crippen LogP contribution is -2.35. The van der Waals surface area contributed by atoms with Crippen LogP contribution in [0.1, 0.15) is 17.3 Å². The molecule has 0 atom stereocenters. The summed E-state index contributed by atoms with van der Waals surface area (Å²) in [5.41, 5.74) is 0.453. The van der Waals surface area contributed by atoms with Crippen LogP contribution in [0.3, 0.4) is 0 Å². The first-order valence-corrected chi connectivity index (χ1v) is 7.91. The van der Waals surface area contributed by atoms with E-state index in [0.717, 1.165) is 0 Å². The molecular formula is C13H16N2O5S. The average molecular weight is 312 g/mol. The summed E-state index contributed by atoms with van der Waals surface area (Å²) in [4.78, 5) is 23.8. The Morgan fingerprint density at radius 3 is 2.52 bits per heavy atom. The lowest BCUT2D eigenvalue weighted by molar-refractivity contribution is 0.101. The summed E-state index contributed by atoms with van der Waals surface area (Å²) < 4.78 is 31.2. The van der Waals surface area contributed by atoms with Gasteiger partial charge in [0.15, 0.2) is 5.78 Å². The van der Waals surface area contributed by atoms with Crippen molar-refractivity contribution in [2.45, 2.75) is 11.8 Å². The number of hydrogen-bond acceptors (Lipinski definition) is 5. The van der Waals surface area contributed by atoms with Gasteiger partial charge in [0.25, 0.3) is 0 Å². The van der Waals surface area contributed by atoms with Crippen LogP contribution in [0.15, 0.2) is 29.2 Å². The summed E-state index contributed by atoms with van der Waals surface area (Å²) in [5, 5.41) is 0. The number of benzene rings is 1. The summed E-state index contributed by atoms with van der Waals surface area (Å²) in [5.74, 6) is -0.126. The number of nitrogens with zero attached hydrogens (tertiary/aromatic N) is 1. The fourth-order valence-electron chi connectivity index (χ4n) is 1.90. The molecule has 1 fully saturated rings. The molecule has 1 aromatic carbocycles. The predicted molar refractivity (Wildman–Crippen MR) is 74.6 cm³/mol. The second-order valence-corrected chi connectivity index (χ2v) is 6.35. The van der Waals surface area contributed by atoms with Crippen LogP contribution in [0, 0.1) is 0 Å². The van der Waals surface area contributed by atoms with Gasteiger partial charge in [-0.25, -0.2) is 17.9 Å². The smallest absolute Gasteiger partial charge is 0.409 e. The van der Waals surface area contributed by atoms with Crippen molar-refractivity contribution in [2.75, 3.05) is 26.2 Å². The minimum absolute atomic E-state index is 0.0801. The summed E-state index contributed by atoms with van der Waals surface area (Å²) >= 11 is 0. The highest BCUT2D eigenvalue weighted by atomic mass is 32.2. The van der Waals surface area contributed by atoms with E-state index in [1.54, 1.807) is 0 Å². The van der Waals surface area contributed by atoms with Gasteiger partial charge < -0.3 is 9.64 Å². The molecule has 0 bridgehead atoms. The second-order valence-electron chi connectivity index (χ2n) is 4.58. The number of cyclic esters (lactones) is 1. The highest BCUT2D eigenvalue weighted by Crippen LogP contribution is 2.11. The Morgan fingerprint density at radius 2 is 2.00 bits per heavy atom. The zero-order valence-corrected chi connectivity index (χ0v) is 12.4. The van der Waals surface area contributed by atoms with Crippen LogP contribution in [0.4, 0.5) is 4.79 Å². The quantitative estimate of drug-likeness (QED) is 0.777. The highest BCUT2D eigenvalue weighted by Gasteiger charge is 2.22. The molecule has 21 heavy (non-hydrogen) atoms. The van der Waals surface area contributed by atoms with E-state index in [4.69, 9.17) is 4.74 Å². The largest absolute Gasteiger partial charge is 0.448 e. The first kappa shape index (κ1) is 15.5. The van der Waals surface area contributed by atoms with Gasteiger partial charge in [0, 0.05) is 18.7 Å². The molecule has 0 aromatic heterocycles. The van der Waals surface area contributed by atoms with Gasteiger partial charge in [0.2, 0.25) is 10.0 Å². The number of nitrogens with one attached hydrogen (secondary N) is 1. The van der Waals surface area contributed by atoms with Crippen molar-refractivity contribution in [1.82, 2.24) is 9.62 Å². The molecule has 7 nitrogen and oxygen atoms in total. The third-order valence-corrected chi connectivity index (χ3v) is 4.57. The summed E-state index contributed by atoms with van der Waals surface area (Å²) in [7, 11) is -3.65. The molecule has 1 N–H and O–H groups in total. The summed E-state index contributed by atoms with van der Waals surface area (Å²) in [6, 6.07) is 5.69. The summed E-state index contributed by atoms with van der Waals surface area (Å²) in [6.45, 7) is 2.57. The molecule has 114 valence electrons. The number of carbonyl (C=O) groups is 2. The maximum atomic E-state index is 12.0. The minimum atomic E-state index is -3.65.